The molecule has 0 amide bonds. The van der Waals surface area contributed by atoms with E-state index < -0.39 is 0 Å². The fourth-order valence-electron chi connectivity index (χ4n) is 1.98. The molecule has 2 nitrogen and oxygen atoms in total. The average Bonchev–Trinajstić information content (AvgIpc) is 2.14. The minimum absolute atomic E-state index is 0.0332. The summed E-state index contributed by atoms with van der Waals surface area (Å²) in [5.41, 5.74) is 7.86. The van der Waals surface area contributed by atoms with Crippen molar-refractivity contribution in [2.24, 2.45) is 5.73 Å². The van der Waals surface area contributed by atoms with Crippen molar-refractivity contribution in [3.05, 3.63) is 34.3 Å². The van der Waals surface area contributed by atoms with Gasteiger partial charge < -0.3 is 10.8 Å². The Morgan fingerprint density at radius 3 is 2.64 bits per heavy atom. The van der Waals surface area contributed by atoms with Crippen molar-refractivity contribution in [3.8, 4) is 0 Å². The zero-order valence-corrected chi connectivity index (χ0v) is 8.72. The third-order valence-electron chi connectivity index (χ3n) is 3.02. The SMILES string of the molecule is NC1(c2cc(Cl)ccc2CO)CCC1. The van der Waals surface area contributed by atoms with Crippen LogP contribution in [0.3, 0.4) is 0 Å². The first-order valence-corrected chi connectivity index (χ1v) is 5.22. The molecule has 76 valence electrons. The number of benzene rings is 1. The zero-order valence-electron chi connectivity index (χ0n) is 7.96. The Kier molecular flexibility index (Phi) is 2.52. The molecule has 0 heterocycles. The lowest BCUT2D eigenvalue weighted by atomic mass is 9.71. The van der Waals surface area contributed by atoms with E-state index in [1.54, 1.807) is 6.07 Å². The fraction of sp³-hybridized carbons (Fsp3) is 0.455. The third kappa shape index (κ3) is 1.54. The molecule has 0 unspecified atom stereocenters. The van der Waals surface area contributed by atoms with Crippen LogP contribution >= 0.6 is 11.6 Å². The first kappa shape index (κ1) is 9.97. The predicted octanol–water partition coefficient (Wildman–Crippen LogP) is 2.17. The number of rotatable bonds is 2. The van der Waals surface area contributed by atoms with Gasteiger partial charge in [-0.05, 0) is 42.5 Å². The molecule has 0 saturated heterocycles. The van der Waals surface area contributed by atoms with Crippen molar-refractivity contribution < 1.29 is 5.11 Å². The van der Waals surface area contributed by atoms with Crippen molar-refractivity contribution >= 4 is 11.6 Å². The molecule has 0 bridgehead atoms. The highest BCUT2D eigenvalue weighted by Crippen LogP contribution is 2.41. The number of nitrogens with two attached hydrogens (primary N) is 1. The van der Waals surface area contributed by atoms with Gasteiger partial charge in [-0.1, -0.05) is 17.7 Å². The van der Waals surface area contributed by atoms with Crippen molar-refractivity contribution in [1.82, 2.24) is 0 Å². The Morgan fingerprint density at radius 1 is 1.43 bits per heavy atom. The number of halogens is 1. The molecule has 3 N–H and O–H groups in total. The average molecular weight is 212 g/mol. The maximum absolute atomic E-state index is 9.19. The van der Waals surface area contributed by atoms with Crippen LogP contribution in [0.15, 0.2) is 18.2 Å². The summed E-state index contributed by atoms with van der Waals surface area (Å²) in [6, 6.07) is 5.52. The summed E-state index contributed by atoms with van der Waals surface area (Å²) in [5.74, 6) is 0. The van der Waals surface area contributed by atoms with E-state index >= 15 is 0 Å². The van der Waals surface area contributed by atoms with E-state index in [1.807, 2.05) is 12.1 Å². The van der Waals surface area contributed by atoms with Gasteiger partial charge in [-0.3, -0.25) is 0 Å². The van der Waals surface area contributed by atoms with Crippen molar-refractivity contribution in [1.29, 1.82) is 0 Å². The molecule has 0 atom stereocenters. The lowest BCUT2D eigenvalue weighted by Gasteiger charge is -2.39. The Labute approximate surface area is 88.7 Å². The molecule has 3 heteroatoms. The van der Waals surface area contributed by atoms with Crippen LogP contribution in [0, 0.1) is 0 Å². The monoisotopic (exact) mass is 211 g/mol. The van der Waals surface area contributed by atoms with E-state index in [0.717, 1.165) is 30.4 Å². The summed E-state index contributed by atoms with van der Waals surface area (Å²) in [4.78, 5) is 0. The first-order valence-electron chi connectivity index (χ1n) is 4.84. The zero-order chi connectivity index (χ0) is 10.2. The topological polar surface area (TPSA) is 46.2 Å². The summed E-state index contributed by atoms with van der Waals surface area (Å²) in [6.45, 7) is 0.0332. The first-order chi connectivity index (χ1) is 6.65. The van der Waals surface area contributed by atoms with Gasteiger partial charge in [-0.25, -0.2) is 0 Å². The second-order valence-electron chi connectivity index (χ2n) is 3.97. The molecule has 1 aliphatic carbocycles. The van der Waals surface area contributed by atoms with Crippen molar-refractivity contribution in [2.75, 3.05) is 0 Å². The Hall–Kier alpha value is -0.570. The van der Waals surface area contributed by atoms with Gasteiger partial charge >= 0.3 is 0 Å². The van der Waals surface area contributed by atoms with Gasteiger partial charge in [0.25, 0.3) is 0 Å². The van der Waals surface area contributed by atoms with Crippen LogP contribution in [0.4, 0.5) is 0 Å². The van der Waals surface area contributed by atoms with Gasteiger partial charge in [0.15, 0.2) is 0 Å². The normalized spacial score (nSPS) is 19.1. The summed E-state index contributed by atoms with van der Waals surface area (Å²) in [7, 11) is 0. The maximum Gasteiger partial charge on any atom is 0.0685 e. The lowest BCUT2D eigenvalue weighted by Crippen LogP contribution is -2.44. The molecule has 1 saturated carbocycles. The van der Waals surface area contributed by atoms with Crippen LogP contribution in [-0.2, 0) is 12.1 Å². The highest BCUT2D eigenvalue weighted by molar-refractivity contribution is 6.30. The quantitative estimate of drug-likeness (QED) is 0.788. The van der Waals surface area contributed by atoms with E-state index in [-0.39, 0.29) is 12.1 Å². The summed E-state index contributed by atoms with van der Waals surface area (Å²) in [6.07, 6.45) is 3.13. The third-order valence-corrected chi connectivity index (χ3v) is 3.26. The summed E-state index contributed by atoms with van der Waals surface area (Å²) >= 11 is 5.92. The molecule has 0 aromatic heterocycles. The number of hydrogen-bond donors (Lipinski definition) is 2. The van der Waals surface area contributed by atoms with Crippen LogP contribution in [0.25, 0.3) is 0 Å². The van der Waals surface area contributed by atoms with Crippen LogP contribution in [0.1, 0.15) is 30.4 Å². The highest BCUT2D eigenvalue weighted by atomic mass is 35.5. The lowest BCUT2D eigenvalue weighted by molar-refractivity contribution is 0.237. The molecule has 1 fully saturated rings. The fourth-order valence-corrected chi connectivity index (χ4v) is 2.15. The van der Waals surface area contributed by atoms with Crippen LogP contribution in [0.2, 0.25) is 5.02 Å². The second kappa shape index (κ2) is 3.54. The van der Waals surface area contributed by atoms with Gasteiger partial charge in [0.1, 0.15) is 0 Å². The molecule has 1 aliphatic rings. The maximum atomic E-state index is 9.19. The predicted molar refractivity (Wildman–Crippen MR) is 57.1 cm³/mol. The van der Waals surface area contributed by atoms with Crippen molar-refractivity contribution in [3.63, 3.8) is 0 Å². The number of aliphatic hydroxyl groups excluding tert-OH is 1. The minimum atomic E-state index is -0.247. The van der Waals surface area contributed by atoms with Crippen LogP contribution in [0.5, 0.6) is 0 Å². The molecule has 1 aromatic rings. The largest absolute Gasteiger partial charge is 0.392 e. The van der Waals surface area contributed by atoms with E-state index in [2.05, 4.69) is 0 Å². The van der Waals surface area contributed by atoms with E-state index in [4.69, 9.17) is 17.3 Å². The van der Waals surface area contributed by atoms with Gasteiger partial charge in [0.05, 0.1) is 6.61 Å². The summed E-state index contributed by atoms with van der Waals surface area (Å²) < 4.78 is 0. The van der Waals surface area contributed by atoms with E-state index in [1.165, 1.54) is 0 Å². The summed E-state index contributed by atoms with van der Waals surface area (Å²) in [5, 5.41) is 9.88. The van der Waals surface area contributed by atoms with Gasteiger partial charge in [-0.2, -0.15) is 0 Å². The number of hydrogen-bond acceptors (Lipinski definition) is 2. The van der Waals surface area contributed by atoms with Crippen molar-refractivity contribution in [2.45, 2.75) is 31.4 Å². The smallest absolute Gasteiger partial charge is 0.0685 e. The molecular weight excluding hydrogens is 198 g/mol. The van der Waals surface area contributed by atoms with Gasteiger partial charge in [-0.15, -0.1) is 0 Å². The molecule has 14 heavy (non-hydrogen) atoms. The van der Waals surface area contributed by atoms with Gasteiger partial charge in [0, 0.05) is 10.6 Å². The highest BCUT2D eigenvalue weighted by Gasteiger charge is 2.35. The molecule has 0 aliphatic heterocycles. The van der Waals surface area contributed by atoms with Crippen LogP contribution < -0.4 is 5.73 Å². The van der Waals surface area contributed by atoms with Gasteiger partial charge in [0.2, 0.25) is 0 Å². The molecule has 0 spiro atoms. The minimum Gasteiger partial charge on any atom is -0.392 e. The molecular formula is C11H14ClNO. The van der Waals surface area contributed by atoms with E-state index in [0.29, 0.717) is 5.02 Å². The standard InChI is InChI=1S/C11H14ClNO/c12-9-3-2-8(7-14)10(6-9)11(13)4-1-5-11/h2-3,6,14H,1,4-5,7,13H2. The Morgan fingerprint density at radius 2 is 2.14 bits per heavy atom. The molecule has 0 radical (unpaired) electrons. The second-order valence-corrected chi connectivity index (χ2v) is 4.41. The molecule has 2 rings (SSSR count). The van der Waals surface area contributed by atoms with E-state index in [9.17, 15) is 5.11 Å². The Bertz CT molecular complexity index is 347. The Balaban J connectivity index is 2.43. The molecule has 1 aromatic carbocycles. The number of aliphatic hydroxyl groups is 1. The van der Waals surface area contributed by atoms with Crippen LogP contribution in [-0.4, -0.2) is 5.11 Å².